The van der Waals surface area contributed by atoms with Crippen molar-refractivity contribution in [2.45, 2.75) is 71.1 Å². The number of aromatic nitrogens is 2. The minimum atomic E-state index is -0.0733. The molecular weight excluding hydrogens is 262 g/mol. The fourth-order valence-electron chi connectivity index (χ4n) is 3.67. The van der Waals surface area contributed by atoms with Gasteiger partial charge in [-0.2, -0.15) is 5.10 Å². The first kappa shape index (κ1) is 16.5. The molecule has 0 saturated heterocycles. The molecule has 0 aromatic carbocycles. The van der Waals surface area contributed by atoms with E-state index in [0.717, 1.165) is 38.3 Å². The van der Waals surface area contributed by atoms with Gasteiger partial charge in [-0.15, -0.1) is 0 Å². The van der Waals surface area contributed by atoms with Crippen LogP contribution in [0.2, 0.25) is 0 Å². The Bertz CT molecular complexity index is 421. The van der Waals surface area contributed by atoms with Crippen LogP contribution in [0.1, 0.15) is 64.5 Å². The summed E-state index contributed by atoms with van der Waals surface area (Å²) >= 11 is 0. The molecule has 1 aromatic rings. The lowest BCUT2D eigenvalue weighted by Crippen LogP contribution is -2.47. The third kappa shape index (κ3) is 3.67. The van der Waals surface area contributed by atoms with E-state index < -0.39 is 0 Å². The Morgan fingerprint density at radius 3 is 2.71 bits per heavy atom. The van der Waals surface area contributed by atoms with E-state index in [1.807, 2.05) is 17.9 Å². The molecule has 1 saturated carbocycles. The van der Waals surface area contributed by atoms with Crippen LogP contribution < -0.4 is 5.32 Å². The molecule has 0 radical (unpaired) electrons. The van der Waals surface area contributed by atoms with Gasteiger partial charge < -0.3 is 10.1 Å². The second-order valence-corrected chi connectivity index (χ2v) is 6.44. The van der Waals surface area contributed by atoms with Gasteiger partial charge in [0.1, 0.15) is 0 Å². The summed E-state index contributed by atoms with van der Waals surface area (Å²) in [7, 11) is 2.04. The molecule has 1 heterocycles. The highest BCUT2D eigenvalue weighted by atomic mass is 16.5. The van der Waals surface area contributed by atoms with Crippen LogP contribution in [0.4, 0.5) is 0 Å². The molecule has 1 fully saturated rings. The van der Waals surface area contributed by atoms with Gasteiger partial charge in [0.2, 0.25) is 0 Å². The lowest BCUT2D eigenvalue weighted by molar-refractivity contribution is -0.0962. The number of hydrogen-bond donors (Lipinski definition) is 1. The number of likely N-dealkylation sites (N-methyl/N-ethyl adjacent to an activating group) is 1. The lowest BCUT2D eigenvalue weighted by atomic mass is 9.74. The Labute approximate surface area is 129 Å². The van der Waals surface area contributed by atoms with Crippen molar-refractivity contribution in [1.82, 2.24) is 15.1 Å². The average molecular weight is 293 g/mol. The topological polar surface area (TPSA) is 39.1 Å². The highest BCUT2D eigenvalue weighted by Gasteiger charge is 2.42. The fourth-order valence-corrected chi connectivity index (χ4v) is 3.67. The van der Waals surface area contributed by atoms with Gasteiger partial charge in [0.05, 0.1) is 17.8 Å². The zero-order chi connectivity index (χ0) is 15.3. The van der Waals surface area contributed by atoms with E-state index in [9.17, 15) is 0 Å². The normalized spacial score (nSPS) is 27.7. The minimum Gasteiger partial charge on any atom is -0.373 e. The molecule has 1 aliphatic carbocycles. The molecule has 4 nitrogen and oxygen atoms in total. The Morgan fingerprint density at radius 2 is 2.14 bits per heavy atom. The highest BCUT2D eigenvalue weighted by molar-refractivity contribution is 5.17. The van der Waals surface area contributed by atoms with Crippen LogP contribution in [0.3, 0.4) is 0 Å². The molecular formula is C17H31N3O. The van der Waals surface area contributed by atoms with Crippen molar-refractivity contribution >= 4 is 0 Å². The van der Waals surface area contributed by atoms with E-state index in [2.05, 4.69) is 37.4 Å². The quantitative estimate of drug-likeness (QED) is 0.836. The molecule has 0 bridgehead atoms. The lowest BCUT2D eigenvalue weighted by Gasteiger charge is -2.44. The summed E-state index contributed by atoms with van der Waals surface area (Å²) in [4.78, 5) is 0. The van der Waals surface area contributed by atoms with Crippen molar-refractivity contribution in [3.63, 3.8) is 0 Å². The van der Waals surface area contributed by atoms with Gasteiger partial charge in [0.25, 0.3) is 0 Å². The van der Waals surface area contributed by atoms with E-state index in [1.54, 1.807) is 0 Å². The fraction of sp³-hybridized carbons (Fsp3) is 0.824. The van der Waals surface area contributed by atoms with Gasteiger partial charge in [-0.05, 0) is 52.0 Å². The first-order chi connectivity index (χ1) is 10.1. The van der Waals surface area contributed by atoms with E-state index in [1.165, 1.54) is 18.4 Å². The molecule has 0 aliphatic heterocycles. The number of rotatable bonds is 7. The monoisotopic (exact) mass is 293 g/mol. The van der Waals surface area contributed by atoms with Crippen LogP contribution in [0, 0.1) is 5.92 Å². The maximum atomic E-state index is 6.30. The van der Waals surface area contributed by atoms with Crippen LogP contribution in [0.25, 0.3) is 0 Å². The second kappa shape index (κ2) is 7.41. The summed E-state index contributed by atoms with van der Waals surface area (Å²) in [5.41, 5.74) is 1.18. The second-order valence-electron chi connectivity index (χ2n) is 6.44. The van der Waals surface area contributed by atoms with Crippen molar-refractivity contribution in [2.24, 2.45) is 5.92 Å². The van der Waals surface area contributed by atoms with Crippen molar-refractivity contribution in [1.29, 1.82) is 0 Å². The smallest absolute Gasteiger partial charge is 0.0877 e. The van der Waals surface area contributed by atoms with Crippen LogP contribution in [0.5, 0.6) is 0 Å². The van der Waals surface area contributed by atoms with Gasteiger partial charge in [-0.25, -0.2) is 0 Å². The zero-order valence-electron chi connectivity index (χ0n) is 14.1. The first-order valence-corrected chi connectivity index (χ1v) is 8.48. The summed E-state index contributed by atoms with van der Waals surface area (Å²) in [6, 6.07) is 0.232. The van der Waals surface area contributed by atoms with Crippen LogP contribution >= 0.6 is 0 Å². The summed E-state index contributed by atoms with van der Waals surface area (Å²) in [6.45, 7) is 8.39. The van der Waals surface area contributed by atoms with Crippen molar-refractivity contribution in [2.75, 3.05) is 13.7 Å². The SMILES string of the molecule is CCCn1cc(C(NC)C2(OCC)CCC(C)CC2)cn1. The summed E-state index contributed by atoms with van der Waals surface area (Å²) < 4.78 is 8.34. The first-order valence-electron chi connectivity index (χ1n) is 8.48. The molecule has 1 unspecified atom stereocenters. The molecule has 0 spiro atoms. The van der Waals surface area contributed by atoms with Crippen LogP contribution in [-0.4, -0.2) is 29.0 Å². The summed E-state index contributed by atoms with van der Waals surface area (Å²) in [5.74, 6) is 0.818. The van der Waals surface area contributed by atoms with Crippen molar-refractivity contribution in [3.05, 3.63) is 18.0 Å². The maximum absolute atomic E-state index is 6.30. The predicted molar refractivity (Wildman–Crippen MR) is 86.3 cm³/mol. The van der Waals surface area contributed by atoms with Crippen molar-refractivity contribution < 1.29 is 4.74 Å². The Morgan fingerprint density at radius 1 is 1.43 bits per heavy atom. The molecule has 2 rings (SSSR count). The van der Waals surface area contributed by atoms with E-state index >= 15 is 0 Å². The standard InChI is InChI=1S/C17H31N3O/c1-5-11-20-13-15(12-19-20)16(18-4)17(21-6-2)9-7-14(3)8-10-17/h12-14,16,18H,5-11H2,1-4H3. The van der Waals surface area contributed by atoms with Crippen molar-refractivity contribution in [3.8, 4) is 0 Å². The minimum absolute atomic E-state index is 0.0733. The molecule has 21 heavy (non-hydrogen) atoms. The van der Waals surface area contributed by atoms with E-state index in [4.69, 9.17) is 4.74 Å². The Hall–Kier alpha value is -0.870. The molecule has 4 heteroatoms. The van der Waals surface area contributed by atoms with E-state index in [-0.39, 0.29) is 11.6 Å². The third-order valence-electron chi connectivity index (χ3n) is 4.81. The predicted octanol–water partition coefficient (Wildman–Crippen LogP) is 3.54. The van der Waals surface area contributed by atoms with Gasteiger partial charge in [0, 0.05) is 24.9 Å². The van der Waals surface area contributed by atoms with Gasteiger partial charge >= 0.3 is 0 Å². The summed E-state index contributed by atoms with van der Waals surface area (Å²) in [5, 5.41) is 8.00. The van der Waals surface area contributed by atoms with Crippen LogP contribution in [0.15, 0.2) is 12.4 Å². The average Bonchev–Trinajstić information content (AvgIpc) is 2.92. The van der Waals surface area contributed by atoms with Crippen LogP contribution in [-0.2, 0) is 11.3 Å². The molecule has 1 N–H and O–H groups in total. The molecule has 0 amide bonds. The Balaban J connectivity index is 2.22. The van der Waals surface area contributed by atoms with Gasteiger partial charge in [-0.1, -0.05) is 13.8 Å². The number of nitrogens with one attached hydrogen (secondary N) is 1. The molecule has 120 valence electrons. The molecule has 1 aromatic heterocycles. The molecule has 1 atom stereocenters. The summed E-state index contributed by atoms with van der Waals surface area (Å²) in [6.07, 6.45) is 10.1. The molecule has 1 aliphatic rings. The third-order valence-corrected chi connectivity index (χ3v) is 4.81. The zero-order valence-corrected chi connectivity index (χ0v) is 14.1. The number of nitrogens with zero attached hydrogens (tertiary/aromatic N) is 2. The largest absolute Gasteiger partial charge is 0.373 e. The number of hydrogen-bond acceptors (Lipinski definition) is 3. The maximum Gasteiger partial charge on any atom is 0.0877 e. The Kier molecular flexibility index (Phi) is 5.82. The number of aryl methyl sites for hydroxylation is 1. The van der Waals surface area contributed by atoms with Gasteiger partial charge in [0.15, 0.2) is 0 Å². The van der Waals surface area contributed by atoms with E-state index in [0.29, 0.717) is 0 Å². The highest BCUT2D eigenvalue weighted by Crippen LogP contribution is 2.43. The van der Waals surface area contributed by atoms with Gasteiger partial charge in [-0.3, -0.25) is 4.68 Å². The number of ether oxygens (including phenoxy) is 1.